The Morgan fingerprint density at radius 1 is 0.893 bits per heavy atom. The lowest BCUT2D eigenvalue weighted by Crippen LogP contribution is -2.27. The Bertz CT molecular complexity index is 956. The van der Waals surface area contributed by atoms with Crippen molar-refractivity contribution in [2.24, 2.45) is 0 Å². The lowest BCUT2D eigenvalue weighted by Gasteiger charge is -2.14. The summed E-state index contributed by atoms with van der Waals surface area (Å²) in [4.78, 5) is 26.7. The summed E-state index contributed by atoms with van der Waals surface area (Å²) in [6, 6.07) is 10.2. The summed E-state index contributed by atoms with van der Waals surface area (Å²) < 4.78 is 21.2. The van der Waals surface area contributed by atoms with Crippen molar-refractivity contribution < 1.29 is 28.5 Å². The van der Waals surface area contributed by atoms with Crippen LogP contribution in [0.15, 0.2) is 41.3 Å². The first kappa shape index (κ1) is 19.6. The fourth-order valence-corrected chi connectivity index (χ4v) is 3.65. The number of anilines is 1. The second-order valence-corrected chi connectivity index (χ2v) is 6.64. The number of ether oxygens (including phenoxy) is 4. The Hall–Kier alpha value is -3.13. The molecule has 0 N–H and O–H groups in total. The van der Waals surface area contributed by atoms with E-state index in [1.165, 1.54) is 28.4 Å². The smallest absolute Gasteiger partial charge is 0.298 e. The first-order valence-electron chi connectivity index (χ1n) is 8.25. The van der Waals surface area contributed by atoms with Gasteiger partial charge in [-0.1, -0.05) is 6.07 Å². The molecular weight excluding hydrogens is 382 g/mol. The summed E-state index contributed by atoms with van der Waals surface area (Å²) in [5.41, 5.74) is 1.04. The van der Waals surface area contributed by atoms with E-state index in [-0.39, 0.29) is 10.1 Å². The second kappa shape index (κ2) is 8.26. The van der Waals surface area contributed by atoms with E-state index in [9.17, 15) is 9.59 Å². The van der Waals surface area contributed by atoms with Crippen LogP contribution in [-0.2, 0) is 4.79 Å². The summed E-state index contributed by atoms with van der Waals surface area (Å²) in [5, 5.41) is -0.385. The minimum absolute atomic E-state index is 0.276. The molecule has 0 bridgehead atoms. The summed E-state index contributed by atoms with van der Waals surface area (Å²) in [7, 11) is 6.05. The number of benzene rings is 2. The van der Waals surface area contributed by atoms with Crippen molar-refractivity contribution in [3.05, 3.63) is 46.9 Å². The van der Waals surface area contributed by atoms with Crippen LogP contribution in [0, 0.1) is 0 Å². The van der Waals surface area contributed by atoms with Crippen molar-refractivity contribution in [2.75, 3.05) is 33.3 Å². The van der Waals surface area contributed by atoms with Crippen molar-refractivity contribution in [1.29, 1.82) is 0 Å². The molecule has 0 aliphatic carbocycles. The van der Waals surface area contributed by atoms with Gasteiger partial charge in [-0.15, -0.1) is 0 Å². The zero-order valence-corrected chi connectivity index (χ0v) is 16.7. The van der Waals surface area contributed by atoms with Crippen LogP contribution >= 0.6 is 11.8 Å². The molecule has 0 aromatic heterocycles. The number of rotatable bonds is 6. The van der Waals surface area contributed by atoms with Gasteiger partial charge in [0, 0.05) is 11.6 Å². The quantitative estimate of drug-likeness (QED) is 0.678. The number of methoxy groups -OCH3 is 4. The SMILES string of the molecule is COc1cccc(N2C(=O)S/C(=C\c3ccc(OC)c(OC)c3OC)C2=O)c1. The molecule has 7 nitrogen and oxygen atoms in total. The van der Waals surface area contributed by atoms with E-state index < -0.39 is 5.91 Å². The average Bonchev–Trinajstić information content (AvgIpc) is 3.00. The molecular formula is C20H19NO6S. The molecule has 0 atom stereocenters. The van der Waals surface area contributed by atoms with E-state index in [1.54, 1.807) is 42.5 Å². The van der Waals surface area contributed by atoms with Gasteiger partial charge < -0.3 is 18.9 Å². The van der Waals surface area contributed by atoms with Gasteiger partial charge >= 0.3 is 0 Å². The molecule has 2 amide bonds. The predicted octanol–water partition coefficient (Wildman–Crippen LogP) is 3.96. The molecule has 8 heteroatoms. The number of thioether (sulfide) groups is 1. The lowest BCUT2D eigenvalue weighted by atomic mass is 10.1. The zero-order chi connectivity index (χ0) is 20.3. The molecule has 2 aromatic rings. The van der Waals surface area contributed by atoms with E-state index in [0.29, 0.717) is 34.2 Å². The van der Waals surface area contributed by atoms with Crippen LogP contribution in [0.4, 0.5) is 10.5 Å². The van der Waals surface area contributed by atoms with Crippen molar-refractivity contribution >= 4 is 34.7 Å². The van der Waals surface area contributed by atoms with Gasteiger partial charge in [0.05, 0.1) is 39.0 Å². The fraction of sp³-hybridized carbons (Fsp3) is 0.200. The van der Waals surface area contributed by atoms with E-state index in [1.807, 2.05) is 0 Å². The standard InChI is InChI=1S/C20H19NO6S/c1-24-14-7-5-6-13(11-14)21-19(22)16(28-20(21)23)10-12-8-9-15(25-2)18(27-4)17(12)26-3/h5-11H,1-4H3/b16-10-. The highest BCUT2D eigenvalue weighted by Gasteiger charge is 2.36. The minimum atomic E-state index is -0.417. The topological polar surface area (TPSA) is 74.3 Å². The molecule has 1 heterocycles. The van der Waals surface area contributed by atoms with Crippen LogP contribution in [0.2, 0.25) is 0 Å². The van der Waals surface area contributed by atoms with Gasteiger partial charge in [0.15, 0.2) is 11.5 Å². The summed E-state index contributed by atoms with van der Waals surface area (Å²) in [5.74, 6) is 1.46. The maximum absolute atomic E-state index is 12.9. The van der Waals surface area contributed by atoms with Gasteiger partial charge in [0.1, 0.15) is 5.75 Å². The molecule has 0 unspecified atom stereocenters. The van der Waals surface area contributed by atoms with Crippen LogP contribution in [0.25, 0.3) is 6.08 Å². The highest BCUT2D eigenvalue weighted by atomic mass is 32.2. The molecule has 0 radical (unpaired) electrons. The Kier molecular flexibility index (Phi) is 5.79. The number of nitrogens with zero attached hydrogens (tertiary/aromatic N) is 1. The Morgan fingerprint density at radius 2 is 1.64 bits per heavy atom. The third-order valence-corrected chi connectivity index (χ3v) is 5.00. The first-order valence-corrected chi connectivity index (χ1v) is 9.06. The second-order valence-electron chi connectivity index (χ2n) is 5.64. The molecule has 0 saturated carbocycles. The molecule has 1 saturated heterocycles. The van der Waals surface area contributed by atoms with Crippen LogP contribution in [0.5, 0.6) is 23.0 Å². The Labute approximate surface area is 166 Å². The van der Waals surface area contributed by atoms with Crippen LogP contribution in [-0.4, -0.2) is 39.6 Å². The number of hydrogen-bond donors (Lipinski definition) is 0. The monoisotopic (exact) mass is 401 g/mol. The van der Waals surface area contributed by atoms with E-state index in [0.717, 1.165) is 16.7 Å². The minimum Gasteiger partial charge on any atom is -0.497 e. The van der Waals surface area contributed by atoms with Crippen LogP contribution < -0.4 is 23.8 Å². The first-order chi connectivity index (χ1) is 13.5. The van der Waals surface area contributed by atoms with E-state index in [2.05, 4.69) is 0 Å². The molecule has 1 aliphatic heterocycles. The summed E-state index contributed by atoms with van der Waals surface area (Å²) in [6.07, 6.45) is 1.60. The number of carbonyl (C=O) groups excluding carboxylic acids is 2. The van der Waals surface area contributed by atoms with E-state index in [4.69, 9.17) is 18.9 Å². The summed E-state index contributed by atoms with van der Waals surface area (Å²) in [6.45, 7) is 0. The molecule has 3 rings (SSSR count). The van der Waals surface area contributed by atoms with Crippen molar-refractivity contribution in [3.8, 4) is 23.0 Å². The van der Waals surface area contributed by atoms with Gasteiger partial charge in [-0.25, -0.2) is 4.90 Å². The molecule has 28 heavy (non-hydrogen) atoms. The van der Waals surface area contributed by atoms with Gasteiger partial charge in [-0.2, -0.15) is 0 Å². The molecule has 146 valence electrons. The highest BCUT2D eigenvalue weighted by molar-refractivity contribution is 8.19. The highest BCUT2D eigenvalue weighted by Crippen LogP contribution is 2.43. The van der Waals surface area contributed by atoms with Crippen LogP contribution in [0.1, 0.15) is 5.56 Å². The normalized spacial score (nSPS) is 15.1. The number of hydrogen-bond acceptors (Lipinski definition) is 7. The maximum atomic E-state index is 12.9. The predicted molar refractivity (Wildman–Crippen MR) is 108 cm³/mol. The number of carbonyl (C=O) groups is 2. The van der Waals surface area contributed by atoms with Gasteiger partial charge in [-0.05, 0) is 42.1 Å². The van der Waals surface area contributed by atoms with Gasteiger partial charge in [-0.3, -0.25) is 9.59 Å². The van der Waals surface area contributed by atoms with Crippen molar-refractivity contribution in [1.82, 2.24) is 0 Å². The Balaban J connectivity index is 2.00. The largest absolute Gasteiger partial charge is 0.497 e. The van der Waals surface area contributed by atoms with Gasteiger partial charge in [0.2, 0.25) is 5.75 Å². The van der Waals surface area contributed by atoms with Gasteiger partial charge in [0.25, 0.3) is 11.1 Å². The molecule has 1 fully saturated rings. The molecule has 0 spiro atoms. The summed E-state index contributed by atoms with van der Waals surface area (Å²) >= 11 is 0.858. The fourth-order valence-electron chi connectivity index (χ4n) is 2.82. The molecule has 1 aliphatic rings. The molecule has 2 aromatic carbocycles. The van der Waals surface area contributed by atoms with Crippen molar-refractivity contribution in [3.63, 3.8) is 0 Å². The zero-order valence-electron chi connectivity index (χ0n) is 15.8. The van der Waals surface area contributed by atoms with Crippen molar-refractivity contribution in [2.45, 2.75) is 0 Å². The third kappa shape index (κ3) is 3.50. The number of imide groups is 1. The number of amides is 2. The van der Waals surface area contributed by atoms with Crippen LogP contribution in [0.3, 0.4) is 0 Å². The lowest BCUT2D eigenvalue weighted by molar-refractivity contribution is -0.113. The van der Waals surface area contributed by atoms with E-state index >= 15 is 0 Å². The maximum Gasteiger partial charge on any atom is 0.298 e. The third-order valence-electron chi connectivity index (χ3n) is 4.13. The average molecular weight is 401 g/mol. The Morgan fingerprint density at radius 3 is 2.29 bits per heavy atom.